The van der Waals surface area contributed by atoms with Gasteiger partial charge in [-0.25, -0.2) is 9.59 Å². The van der Waals surface area contributed by atoms with E-state index < -0.39 is 64.2 Å². The first-order chi connectivity index (χ1) is 13.9. The van der Waals surface area contributed by atoms with Gasteiger partial charge >= 0.3 is 18.2 Å². The molecule has 30 heavy (non-hydrogen) atoms. The molecule has 0 aromatic heterocycles. The molecule has 1 aromatic rings. The molecule has 1 amide bonds. The van der Waals surface area contributed by atoms with Gasteiger partial charge in [0.05, 0.1) is 4.92 Å². The molecule has 0 unspecified atom stereocenters. The number of amides is 1. The molecule has 0 bridgehead atoms. The van der Waals surface area contributed by atoms with E-state index in [1.807, 2.05) is 0 Å². The highest BCUT2D eigenvalue weighted by Gasteiger charge is 2.39. The molecule has 1 N–H and O–H groups in total. The highest BCUT2D eigenvalue weighted by atomic mass is 19.4. The van der Waals surface area contributed by atoms with Gasteiger partial charge in [0.2, 0.25) is 0 Å². The van der Waals surface area contributed by atoms with Gasteiger partial charge in [0.25, 0.3) is 5.69 Å². The van der Waals surface area contributed by atoms with Crippen molar-refractivity contribution >= 4 is 23.5 Å². The zero-order valence-corrected chi connectivity index (χ0v) is 15.6. The number of piperidine rings is 1. The number of rotatable bonds is 6. The molecule has 0 radical (unpaired) electrons. The summed E-state index contributed by atoms with van der Waals surface area (Å²) in [5.41, 5.74) is -3.41. The number of benzene rings is 1. The van der Waals surface area contributed by atoms with Crippen molar-refractivity contribution in [1.29, 1.82) is 0 Å². The van der Waals surface area contributed by atoms with Crippen LogP contribution in [0.3, 0.4) is 0 Å². The van der Waals surface area contributed by atoms with E-state index >= 15 is 0 Å². The molecule has 0 spiro atoms. The average molecular weight is 434 g/mol. The van der Waals surface area contributed by atoms with Gasteiger partial charge in [-0.15, -0.1) is 0 Å². The lowest BCUT2D eigenvalue weighted by Crippen LogP contribution is -2.41. The van der Waals surface area contributed by atoms with Crippen molar-refractivity contribution < 1.29 is 47.1 Å². The predicted molar refractivity (Wildman–Crippen MR) is 92.3 cm³/mol. The van der Waals surface area contributed by atoms with Crippen LogP contribution in [0.2, 0.25) is 0 Å². The van der Waals surface area contributed by atoms with E-state index in [1.54, 1.807) is 0 Å². The maximum Gasteiger partial charge on any atom is 0.420 e. The fourth-order valence-electron chi connectivity index (χ4n) is 2.79. The quantitative estimate of drug-likeness (QED) is 0.410. The van der Waals surface area contributed by atoms with Crippen molar-refractivity contribution in [2.24, 2.45) is 0 Å². The standard InChI is InChI=1S/C17H17F3N2O8/c1-9(23)8-29-15(24)11-6-14(12(17(18,19)20)7-13(11)22(27)28)30-10-2-4-21(5-3-10)16(25)26/h6-7,10H,2-5,8H2,1H3,(H,25,26). The SMILES string of the molecule is CC(=O)COC(=O)c1cc(OC2CCN(C(=O)O)CC2)c(C(F)(F)F)cc1[N+](=O)[O-]. The van der Waals surface area contributed by atoms with E-state index in [9.17, 15) is 37.7 Å². The summed E-state index contributed by atoms with van der Waals surface area (Å²) in [7, 11) is 0. The summed E-state index contributed by atoms with van der Waals surface area (Å²) < 4.78 is 50.3. The van der Waals surface area contributed by atoms with Gasteiger partial charge in [-0.2, -0.15) is 13.2 Å². The van der Waals surface area contributed by atoms with Crippen LogP contribution < -0.4 is 4.74 Å². The lowest BCUT2D eigenvalue weighted by molar-refractivity contribution is -0.385. The van der Waals surface area contributed by atoms with Crippen LogP contribution in [0.4, 0.5) is 23.7 Å². The van der Waals surface area contributed by atoms with Gasteiger partial charge < -0.3 is 19.5 Å². The normalized spacial score (nSPS) is 14.9. The Hall–Kier alpha value is -3.38. The molecule has 164 valence electrons. The number of carbonyl (C=O) groups is 3. The second-order valence-corrected chi connectivity index (χ2v) is 6.49. The third kappa shape index (κ3) is 5.58. The lowest BCUT2D eigenvalue weighted by atomic mass is 10.1. The molecular formula is C17H17F3N2O8. The Labute approximate surface area is 167 Å². The molecule has 1 aliphatic rings. The maximum atomic E-state index is 13.5. The van der Waals surface area contributed by atoms with Crippen LogP contribution in [0, 0.1) is 10.1 Å². The number of hydrogen-bond acceptors (Lipinski definition) is 7. The number of nitro groups is 1. The number of carbonyl (C=O) groups excluding carboxylic acids is 2. The first kappa shape index (κ1) is 22.9. The van der Waals surface area contributed by atoms with Crippen LogP contribution in [0.25, 0.3) is 0 Å². The number of likely N-dealkylation sites (tertiary alicyclic amines) is 1. The molecule has 1 aliphatic heterocycles. The number of ether oxygens (including phenoxy) is 2. The van der Waals surface area contributed by atoms with Crippen molar-refractivity contribution in [3.63, 3.8) is 0 Å². The second-order valence-electron chi connectivity index (χ2n) is 6.49. The number of hydrogen-bond donors (Lipinski definition) is 1. The summed E-state index contributed by atoms with van der Waals surface area (Å²) in [5, 5.41) is 20.1. The Kier molecular flexibility index (Phi) is 6.84. The number of carboxylic acid groups (broad SMARTS) is 1. The third-order valence-electron chi connectivity index (χ3n) is 4.23. The van der Waals surface area contributed by atoms with Crippen LogP contribution in [-0.2, 0) is 15.7 Å². The van der Waals surface area contributed by atoms with E-state index in [4.69, 9.17) is 9.84 Å². The smallest absolute Gasteiger partial charge is 0.420 e. The molecule has 1 heterocycles. The summed E-state index contributed by atoms with van der Waals surface area (Å²) in [5.74, 6) is -2.74. The monoisotopic (exact) mass is 434 g/mol. The second kappa shape index (κ2) is 8.97. The van der Waals surface area contributed by atoms with E-state index in [-0.39, 0.29) is 32.0 Å². The van der Waals surface area contributed by atoms with Gasteiger partial charge in [0, 0.05) is 38.1 Å². The van der Waals surface area contributed by atoms with Crippen LogP contribution in [0.5, 0.6) is 5.75 Å². The van der Waals surface area contributed by atoms with Crippen LogP contribution in [0.1, 0.15) is 35.7 Å². The number of esters is 1. The van der Waals surface area contributed by atoms with Gasteiger partial charge in [0.1, 0.15) is 29.6 Å². The van der Waals surface area contributed by atoms with Crippen LogP contribution in [0.15, 0.2) is 12.1 Å². The summed E-state index contributed by atoms with van der Waals surface area (Å²) in [6, 6.07) is 0.735. The zero-order chi connectivity index (χ0) is 22.6. The van der Waals surface area contributed by atoms with Gasteiger partial charge in [-0.05, 0) is 6.92 Å². The largest absolute Gasteiger partial charge is 0.490 e. The number of alkyl halides is 3. The Bertz CT molecular complexity index is 863. The number of Topliss-reactive ketones (excluding diaryl/α,β-unsaturated/α-hetero) is 1. The number of halogens is 3. The van der Waals surface area contributed by atoms with Crippen LogP contribution >= 0.6 is 0 Å². The molecule has 1 fully saturated rings. The fraction of sp³-hybridized carbons (Fsp3) is 0.471. The Morgan fingerprint density at radius 1 is 1.27 bits per heavy atom. The van der Waals surface area contributed by atoms with E-state index in [1.165, 1.54) is 0 Å². The summed E-state index contributed by atoms with van der Waals surface area (Å²) in [6.07, 6.45) is -6.82. The Balaban J connectivity index is 2.40. The van der Waals surface area contributed by atoms with E-state index in [0.29, 0.717) is 6.07 Å². The molecule has 0 aliphatic carbocycles. The Morgan fingerprint density at radius 2 is 1.87 bits per heavy atom. The molecule has 13 heteroatoms. The molecular weight excluding hydrogens is 417 g/mol. The molecule has 0 saturated carbocycles. The highest BCUT2D eigenvalue weighted by molar-refractivity contribution is 5.96. The predicted octanol–water partition coefficient (Wildman–Crippen LogP) is 2.88. The number of nitrogens with zero attached hydrogens (tertiary/aromatic N) is 2. The Morgan fingerprint density at radius 3 is 2.33 bits per heavy atom. The number of ketones is 1. The van der Waals surface area contributed by atoms with E-state index in [0.717, 1.165) is 11.8 Å². The summed E-state index contributed by atoms with van der Waals surface area (Å²) in [4.78, 5) is 45.1. The molecule has 1 aromatic carbocycles. The van der Waals surface area contributed by atoms with Gasteiger partial charge in [0.15, 0.2) is 5.78 Å². The molecule has 1 saturated heterocycles. The maximum absolute atomic E-state index is 13.5. The van der Waals surface area contributed by atoms with Crippen molar-refractivity contribution in [1.82, 2.24) is 4.90 Å². The van der Waals surface area contributed by atoms with Crippen molar-refractivity contribution in [3.8, 4) is 5.75 Å². The minimum absolute atomic E-state index is 0.0296. The van der Waals surface area contributed by atoms with Crippen molar-refractivity contribution in [3.05, 3.63) is 33.4 Å². The summed E-state index contributed by atoms with van der Waals surface area (Å²) >= 11 is 0. The molecule has 2 rings (SSSR count). The first-order valence-corrected chi connectivity index (χ1v) is 8.61. The highest BCUT2D eigenvalue weighted by Crippen LogP contribution is 2.41. The van der Waals surface area contributed by atoms with Crippen LogP contribution in [-0.4, -0.2) is 58.6 Å². The number of nitro benzene ring substituents is 1. The minimum atomic E-state index is -5.02. The van der Waals surface area contributed by atoms with E-state index in [2.05, 4.69) is 4.74 Å². The summed E-state index contributed by atoms with van der Waals surface area (Å²) in [6.45, 7) is 0.441. The van der Waals surface area contributed by atoms with Crippen molar-refractivity contribution in [2.45, 2.75) is 32.0 Å². The first-order valence-electron chi connectivity index (χ1n) is 8.61. The van der Waals surface area contributed by atoms with Gasteiger partial charge in [-0.1, -0.05) is 0 Å². The average Bonchev–Trinajstić information content (AvgIpc) is 2.65. The third-order valence-corrected chi connectivity index (χ3v) is 4.23. The minimum Gasteiger partial charge on any atom is -0.490 e. The zero-order valence-electron chi connectivity index (χ0n) is 15.6. The van der Waals surface area contributed by atoms with Crippen molar-refractivity contribution in [2.75, 3.05) is 19.7 Å². The lowest BCUT2D eigenvalue weighted by Gasteiger charge is -2.31. The van der Waals surface area contributed by atoms with Gasteiger partial charge in [-0.3, -0.25) is 14.9 Å². The topological polar surface area (TPSA) is 136 Å². The fourth-order valence-corrected chi connectivity index (χ4v) is 2.79. The molecule has 10 nitrogen and oxygen atoms in total. The molecule has 0 atom stereocenters.